The highest BCUT2D eigenvalue weighted by atomic mass is 19.1. The molecule has 9 heteroatoms. The van der Waals surface area contributed by atoms with Crippen molar-refractivity contribution < 1.29 is 23.4 Å². The summed E-state index contributed by atoms with van der Waals surface area (Å²) in [6, 6.07) is 11.8. The number of nitro groups is 1. The molecule has 154 valence electrons. The zero-order valence-corrected chi connectivity index (χ0v) is 15.9. The van der Waals surface area contributed by atoms with Crippen LogP contribution in [0.4, 0.5) is 10.1 Å². The maximum atomic E-state index is 13.7. The molecule has 8 nitrogen and oxygen atoms in total. The summed E-state index contributed by atoms with van der Waals surface area (Å²) in [7, 11) is 0. The van der Waals surface area contributed by atoms with Crippen LogP contribution in [0.5, 0.6) is 0 Å². The first-order valence-electron chi connectivity index (χ1n) is 9.49. The number of esters is 1. The average Bonchev–Trinajstić information content (AvgIpc) is 3.43. The standard InChI is InChI=1S/C21H18FN3O5/c22-16-5-3-4-15(12-16)21(10-1-2-11-21)20(26)29-13-18-23-19(24-30-18)14-6-8-17(9-7-14)25(27)28/h3-9,12H,1-2,10-11,13H2. The third kappa shape index (κ3) is 3.78. The Morgan fingerprint density at radius 3 is 2.60 bits per heavy atom. The smallest absolute Gasteiger partial charge is 0.317 e. The van der Waals surface area contributed by atoms with Crippen molar-refractivity contribution in [2.75, 3.05) is 0 Å². The molecule has 0 spiro atoms. The fourth-order valence-corrected chi connectivity index (χ4v) is 3.80. The number of ether oxygens (including phenoxy) is 1. The summed E-state index contributed by atoms with van der Waals surface area (Å²) >= 11 is 0. The molecule has 1 aromatic heterocycles. The van der Waals surface area contributed by atoms with Gasteiger partial charge in [-0.05, 0) is 42.7 Å². The van der Waals surface area contributed by atoms with E-state index in [1.54, 1.807) is 12.1 Å². The van der Waals surface area contributed by atoms with Crippen LogP contribution in [0, 0.1) is 15.9 Å². The first-order valence-corrected chi connectivity index (χ1v) is 9.49. The number of aromatic nitrogens is 2. The van der Waals surface area contributed by atoms with Crippen molar-refractivity contribution in [1.82, 2.24) is 10.1 Å². The van der Waals surface area contributed by atoms with Gasteiger partial charge in [0.2, 0.25) is 5.82 Å². The van der Waals surface area contributed by atoms with Crippen molar-refractivity contribution in [3.8, 4) is 11.4 Å². The van der Waals surface area contributed by atoms with Crippen molar-refractivity contribution >= 4 is 11.7 Å². The van der Waals surface area contributed by atoms with Gasteiger partial charge in [-0.1, -0.05) is 30.1 Å². The molecular formula is C21H18FN3O5. The molecule has 0 bridgehead atoms. The fraction of sp³-hybridized carbons (Fsp3) is 0.286. The summed E-state index contributed by atoms with van der Waals surface area (Å²) in [5, 5.41) is 14.6. The maximum Gasteiger partial charge on any atom is 0.317 e. The zero-order chi connectivity index (χ0) is 21.1. The summed E-state index contributed by atoms with van der Waals surface area (Å²) in [4.78, 5) is 27.4. The van der Waals surface area contributed by atoms with Crippen molar-refractivity contribution in [3.63, 3.8) is 0 Å². The van der Waals surface area contributed by atoms with Crippen LogP contribution in [-0.4, -0.2) is 21.0 Å². The number of hydrogen-bond acceptors (Lipinski definition) is 7. The molecule has 0 N–H and O–H groups in total. The molecule has 0 amide bonds. The van der Waals surface area contributed by atoms with E-state index < -0.39 is 22.1 Å². The number of nitrogens with zero attached hydrogens (tertiary/aromatic N) is 3. The van der Waals surface area contributed by atoms with Gasteiger partial charge in [-0.25, -0.2) is 4.39 Å². The zero-order valence-electron chi connectivity index (χ0n) is 15.9. The lowest BCUT2D eigenvalue weighted by Gasteiger charge is -2.26. The van der Waals surface area contributed by atoms with Gasteiger partial charge in [0.05, 0.1) is 10.3 Å². The Kier molecular flexibility index (Phi) is 5.26. The first-order chi connectivity index (χ1) is 14.5. The Morgan fingerprint density at radius 1 is 1.20 bits per heavy atom. The quantitative estimate of drug-likeness (QED) is 0.337. The summed E-state index contributed by atoms with van der Waals surface area (Å²) in [6.45, 7) is -0.212. The highest BCUT2D eigenvalue weighted by Crippen LogP contribution is 2.42. The number of carbonyl (C=O) groups is 1. The molecule has 1 heterocycles. The third-order valence-electron chi connectivity index (χ3n) is 5.36. The van der Waals surface area contributed by atoms with E-state index in [2.05, 4.69) is 10.1 Å². The molecule has 0 saturated heterocycles. The first kappa shape index (κ1) is 19.7. The number of non-ortho nitro benzene ring substituents is 1. The summed E-state index contributed by atoms with van der Waals surface area (Å²) in [5.41, 5.74) is 0.232. The van der Waals surface area contributed by atoms with E-state index in [1.807, 2.05) is 0 Å². The molecule has 1 aliphatic rings. The Morgan fingerprint density at radius 2 is 1.93 bits per heavy atom. The lowest BCUT2D eigenvalue weighted by molar-refractivity contribution is -0.384. The van der Waals surface area contributed by atoms with E-state index in [0.717, 1.165) is 12.8 Å². The molecule has 4 rings (SSSR count). The minimum atomic E-state index is -0.872. The molecule has 0 radical (unpaired) electrons. The molecule has 30 heavy (non-hydrogen) atoms. The van der Waals surface area contributed by atoms with Gasteiger partial charge in [-0.15, -0.1) is 0 Å². The predicted octanol–water partition coefficient (Wildman–Crippen LogP) is 4.34. The van der Waals surface area contributed by atoms with Crippen molar-refractivity contribution in [2.24, 2.45) is 0 Å². The second kappa shape index (κ2) is 8.02. The lowest BCUT2D eigenvalue weighted by atomic mass is 9.79. The van der Waals surface area contributed by atoms with Crippen LogP contribution in [0.1, 0.15) is 37.1 Å². The number of carbonyl (C=O) groups excluding carboxylic acids is 1. The van der Waals surface area contributed by atoms with Gasteiger partial charge in [0.15, 0.2) is 6.61 Å². The van der Waals surface area contributed by atoms with Gasteiger partial charge in [-0.3, -0.25) is 14.9 Å². The number of benzene rings is 2. The van der Waals surface area contributed by atoms with Crippen LogP contribution < -0.4 is 0 Å². The monoisotopic (exact) mass is 411 g/mol. The Labute approximate surface area is 170 Å². The minimum Gasteiger partial charge on any atom is -0.455 e. The van der Waals surface area contributed by atoms with Gasteiger partial charge in [-0.2, -0.15) is 4.98 Å². The van der Waals surface area contributed by atoms with E-state index >= 15 is 0 Å². The molecule has 2 aromatic carbocycles. The Bertz CT molecular complexity index is 1070. The van der Waals surface area contributed by atoms with Gasteiger partial charge < -0.3 is 9.26 Å². The summed E-state index contributed by atoms with van der Waals surface area (Å²) in [6.07, 6.45) is 2.90. The average molecular weight is 411 g/mol. The van der Waals surface area contributed by atoms with Crippen molar-refractivity contribution in [1.29, 1.82) is 0 Å². The second-order valence-corrected chi connectivity index (χ2v) is 7.19. The lowest BCUT2D eigenvalue weighted by Crippen LogP contribution is -2.34. The van der Waals surface area contributed by atoms with E-state index in [0.29, 0.717) is 24.0 Å². The van der Waals surface area contributed by atoms with E-state index in [9.17, 15) is 19.3 Å². The van der Waals surface area contributed by atoms with Crippen LogP contribution in [0.15, 0.2) is 53.1 Å². The normalized spacial score (nSPS) is 15.1. The van der Waals surface area contributed by atoms with E-state index in [1.165, 1.54) is 36.4 Å². The largest absolute Gasteiger partial charge is 0.455 e. The Balaban J connectivity index is 1.46. The van der Waals surface area contributed by atoms with Crippen LogP contribution in [0.2, 0.25) is 0 Å². The van der Waals surface area contributed by atoms with Gasteiger partial charge >= 0.3 is 5.97 Å². The fourth-order valence-electron chi connectivity index (χ4n) is 3.80. The second-order valence-electron chi connectivity index (χ2n) is 7.19. The van der Waals surface area contributed by atoms with Crippen molar-refractivity contribution in [2.45, 2.75) is 37.7 Å². The molecule has 0 aliphatic heterocycles. The van der Waals surface area contributed by atoms with Crippen LogP contribution in [0.3, 0.4) is 0 Å². The number of halogens is 1. The van der Waals surface area contributed by atoms with E-state index in [-0.39, 0.29) is 24.0 Å². The minimum absolute atomic E-state index is 0.0457. The maximum absolute atomic E-state index is 13.7. The molecule has 0 atom stereocenters. The topological polar surface area (TPSA) is 108 Å². The third-order valence-corrected chi connectivity index (χ3v) is 5.36. The van der Waals surface area contributed by atoms with Gasteiger partial charge in [0.25, 0.3) is 11.6 Å². The van der Waals surface area contributed by atoms with Gasteiger partial charge in [0, 0.05) is 17.7 Å². The molecule has 1 fully saturated rings. The number of hydrogen-bond donors (Lipinski definition) is 0. The van der Waals surface area contributed by atoms with Gasteiger partial charge in [0.1, 0.15) is 5.82 Å². The van der Waals surface area contributed by atoms with Crippen molar-refractivity contribution in [3.05, 3.63) is 75.9 Å². The molecule has 3 aromatic rings. The van der Waals surface area contributed by atoms with Crippen LogP contribution in [0.25, 0.3) is 11.4 Å². The highest BCUT2D eigenvalue weighted by molar-refractivity contribution is 5.83. The summed E-state index contributed by atoms with van der Waals surface area (Å²) in [5.74, 6) is -0.502. The van der Waals surface area contributed by atoms with Crippen LogP contribution in [-0.2, 0) is 21.6 Å². The number of nitro benzene ring substituents is 1. The summed E-state index contributed by atoms with van der Waals surface area (Å²) < 4.78 is 24.3. The van der Waals surface area contributed by atoms with Crippen LogP contribution >= 0.6 is 0 Å². The SMILES string of the molecule is O=C(OCc1nc(-c2ccc([N+](=O)[O-])cc2)no1)C1(c2cccc(F)c2)CCCC1. The molecular weight excluding hydrogens is 393 g/mol. The highest BCUT2D eigenvalue weighted by Gasteiger charge is 2.44. The van der Waals surface area contributed by atoms with E-state index in [4.69, 9.17) is 9.26 Å². The molecule has 1 aliphatic carbocycles. The molecule has 1 saturated carbocycles. The Hall–Kier alpha value is -3.62. The number of rotatable bonds is 6. The predicted molar refractivity (Wildman–Crippen MR) is 103 cm³/mol. The molecule has 0 unspecified atom stereocenters.